The number of aromatic nitrogens is 2. The zero-order valence-electron chi connectivity index (χ0n) is 13.2. The van der Waals surface area contributed by atoms with Crippen LogP contribution in [0.3, 0.4) is 0 Å². The summed E-state index contributed by atoms with van der Waals surface area (Å²) in [5, 5.41) is 7.05. The van der Waals surface area contributed by atoms with Crippen LogP contribution in [0.2, 0.25) is 5.02 Å². The van der Waals surface area contributed by atoms with Crippen molar-refractivity contribution in [2.24, 2.45) is 0 Å². The van der Waals surface area contributed by atoms with Gasteiger partial charge in [-0.15, -0.1) is 0 Å². The van der Waals surface area contributed by atoms with Crippen LogP contribution < -0.4 is 5.32 Å². The highest BCUT2D eigenvalue weighted by Gasteiger charge is 2.12. The Balaban J connectivity index is 1.53. The number of nitrogens with zero attached hydrogens (tertiary/aromatic N) is 2. The Kier molecular flexibility index (Phi) is 5.40. The summed E-state index contributed by atoms with van der Waals surface area (Å²) in [6.45, 7) is 0.105. The van der Waals surface area contributed by atoms with Crippen molar-refractivity contribution >= 4 is 17.5 Å². The van der Waals surface area contributed by atoms with Gasteiger partial charge in [0.05, 0.1) is 11.6 Å². The molecule has 1 heterocycles. The maximum atomic E-state index is 13.5. The first-order valence-electron chi connectivity index (χ1n) is 7.71. The van der Waals surface area contributed by atoms with Gasteiger partial charge in [-0.3, -0.25) is 4.79 Å². The van der Waals surface area contributed by atoms with Gasteiger partial charge < -0.3 is 9.84 Å². The minimum atomic E-state index is -0.309. The summed E-state index contributed by atoms with van der Waals surface area (Å²) in [7, 11) is 0. The number of aryl methyl sites for hydroxylation is 1. The molecule has 0 spiro atoms. The predicted molar refractivity (Wildman–Crippen MR) is 91.3 cm³/mol. The lowest BCUT2D eigenvalue weighted by Crippen LogP contribution is -2.23. The van der Waals surface area contributed by atoms with Gasteiger partial charge in [-0.05, 0) is 30.2 Å². The van der Waals surface area contributed by atoms with Crippen molar-refractivity contribution in [3.05, 3.63) is 70.8 Å². The van der Waals surface area contributed by atoms with E-state index in [-0.39, 0.29) is 30.6 Å². The average molecular weight is 360 g/mol. The Hall–Kier alpha value is -2.73. The largest absolute Gasteiger partial charge is 0.347 e. The van der Waals surface area contributed by atoms with E-state index < -0.39 is 0 Å². The van der Waals surface area contributed by atoms with Gasteiger partial charge in [-0.2, -0.15) is 4.98 Å². The maximum absolute atomic E-state index is 13.5. The minimum absolute atomic E-state index is 0.105. The van der Waals surface area contributed by atoms with Gasteiger partial charge in [0.15, 0.2) is 0 Å². The number of hydrogen-bond acceptors (Lipinski definition) is 4. The number of carbonyl (C=O) groups excluding carboxylic acids is 1. The van der Waals surface area contributed by atoms with Gasteiger partial charge in [-0.25, -0.2) is 4.39 Å². The van der Waals surface area contributed by atoms with E-state index in [1.165, 1.54) is 6.07 Å². The third-order valence-corrected chi connectivity index (χ3v) is 3.93. The fourth-order valence-electron chi connectivity index (χ4n) is 2.29. The van der Waals surface area contributed by atoms with Crippen LogP contribution >= 0.6 is 11.6 Å². The van der Waals surface area contributed by atoms with Gasteiger partial charge in [0.2, 0.25) is 17.6 Å². The van der Waals surface area contributed by atoms with E-state index in [0.29, 0.717) is 28.4 Å². The van der Waals surface area contributed by atoms with Gasteiger partial charge in [0, 0.05) is 12.0 Å². The summed E-state index contributed by atoms with van der Waals surface area (Å²) in [6.07, 6.45) is 0.500. The summed E-state index contributed by atoms with van der Waals surface area (Å²) < 4.78 is 18.6. The molecule has 0 unspecified atom stereocenters. The Morgan fingerprint density at radius 1 is 1.16 bits per heavy atom. The standard InChI is InChI=1S/C18H15ClFN3O2/c19-14-7-3-2-6-13(14)18-22-17(25-23-18)11-21-16(24)10-9-12-5-1-4-8-15(12)20/h1-8H,9-11H2,(H,21,24). The fraction of sp³-hybridized carbons (Fsp3) is 0.167. The quantitative estimate of drug-likeness (QED) is 0.727. The summed E-state index contributed by atoms with van der Waals surface area (Å²) in [5.74, 6) is 0.104. The van der Waals surface area contributed by atoms with E-state index in [4.69, 9.17) is 16.1 Å². The normalized spacial score (nSPS) is 10.6. The van der Waals surface area contributed by atoms with E-state index in [1.807, 2.05) is 12.1 Å². The highest BCUT2D eigenvalue weighted by molar-refractivity contribution is 6.33. The van der Waals surface area contributed by atoms with Crippen molar-refractivity contribution in [3.63, 3.8) is 0 Å². The number of rotatable bonds is 6. The third-order valence-electron chi connectivity index (χ3n) is 3.60. The molecule has 0 saturated carbocycles. The van der Waals surface area contributed by atoms with Crippen LogP contribution in [0.5, 0.6) is 0 Å². The van der Waals surface area contributed by atoms with E-state index >= 15 is 0 Å². The molecule has 3 rings (SSSR count). The van der Waals surface area contributed by atoms with Crippen LogP contribution in [0.4, 0.5) is 4.39 Å². The molecule has 1 aromatic heterocycles. The van der Waals surface area contributed by atoms with Crippen LogP contribution in [-0.4, -0.2) is 16.0 Å². The lowest BCUT2D eigenvalue weighted by atomic mass is 10.1. The molecule has 0 saturated heterocycles. The minimum Gasteiger partial charge on any atom is -0.347 e. The molecule has 7 heteroatoms. The van der Waals surface area contributed by atoms with Crippen molar-refractivity contribution in [2.75, 3.05) is 0 Å². The SMILES string of the molecule is O=C(CCc1ccccc1F)NCc1nc(-c2ccccc2Cl)no1. The zero-order valence-corrected chi connectivity index (χ0v) is 14.0. The monoisotopic (exact) mass is 359 g/mol. The second kappa shape index (κ2) is 7.90. The Morgan fingerprint density at radius 2 is 1.92 bits per heavy atom. The van der Waals surface area contributed by atoms with Crippen LogP contribution in [0.15, 0.2) is 53.1 Å². The van der Waals surface area contributed by atoms with Crippen molar-refractivity contribution < 1.29 is 13.7 Å². The Bertz CT molecular complexity index is 882. The van der Waals surface area contributed by atoms with Crippen LogP contribution in [0.25, 0.3) is 11.4 Å². The highest BCUT2D eigenvalue weighted by atomic mass is 35.5. The first kappa shape index (κ1) is 17.1. The van der Waals surface area contributed by atoms with Gasteiger partial charge >= 0.3 is 0 Å². The summed E-state index contributed by atoms with van der Waals surface area (Å²) in [4.78, 5) is 16.1. The van der Waals surface area contributed by atoms with Gasteiger partial charge in [0.25, 0.3) is 0 Å². The molecule has 3 aromatic rings. The Morgan fingerprint density at radius 3 is 2.72 bits per heavy atom. The molecular weight excluding hydrogens is 345 g/mol. The molecule has 1 N–H and O–H groups in total. The molecule has 0 fully saturated rings. The topological polar surface area (TPSA) is 68.0 Å². The van der Waals surface area contributed by atoms with Crippen molar-refractivity contribution in [1.82, 2.24) is 15.5 Å². The van der Waals surface area contributed by atoms with E-state index in [0.717, 1.165) is 0 Å². The molecule has 2 aromatic carbocycles. The summed E-state index contributed by atoms with van der Waals surface area (Å²) in [6, 6.07) is 13.5. The first-order valence-corrected chi connectivity index (χ1v) is 8.09. The molecule has 5 nitrogen and oxygen atoms in total. The number of benzene rings is 2. The molecule has 1 amide bonds. The lowest BCUT2D eigenvalue weighted by molar-refractivity contribution is -0.121. The fourth-order valence-corrected chi connectivity index (χ4v) is 2.51. The van der Waals surface area contributed by atoms with Gasteiger partial charge in [-0.1, -0.05) is 47.1 Å². The smallest absolute Gasteiger partial charge is 0.246 e. The van der Waals surface area contributed by atoms with Crippen LogP contribution in [0.1, 0.15) is 17.9 Å². The van der Waals surface area contributed by atoms with Crippen molar-refractivity contribution in [2.45, 2.75) is 19.4 Å². The number of carbonyl (C=O) groups is 1. The number of nitrogens with one attached hydrogen (secondary N) is 1. The maximum Gasteiger partial charge on any atom is 0.246 e. The second-order valence-electron chi connectivity index (χ2n) is 5.36. The molecule has 25 heavy (non-hydrogen) atoms. The average Bonchev–Trinajstić information content (AvgIpc) is 3.08. The molecule has 0 aliphatic rings. The summed E-state index contributed by atoms with van der Waals surface area (Å²) in [5.41, 5.74) is 1.17. The van der Waals surface area contributed by atoms with Crippen molar-refractivity contribution in [1.29, 1.82) is 0 Å². The molecule has 0 bridgehead atoms. The van der Waals surface area contributed by atoms with Gasteiger partial charge in [0.1, 0.15) is 5.82 Å². The Labute approximate surface area is 148 Å². The van der Waals surface area contributed by atoms with E-state index in [9.17, 15) is 9.18 Å². The summed E-state index contributed by atoms with van der Waals surface area (Å²) >= 11 is 6.09. The molecule has 128 valence electrons. The van der Waals surface area contributed by atoms with E-state index in [1.54, 1.807) is 30.3 Å². The molecule has 0 radical (unpaired) electrons. The molecule has 0 aliphatic heterocycles. The van der Waals surface area contributed by atoms with Crippen molar-refractivity contribution in [3.8, 4) is 11.4 Å². The molecule has 0 aliphatic carbocycles. The predicted octanol–water partition coefficient (Wildman–Crippen LogP) is 3.78. The number of amides is 1. The number of halogens is 2. The number of hydrogen-bond donors (Lipinski definition) is 1. The lowest BCUT2D eigenvalue weighted by Gasteiger charge is -2.03. The molecular formula is C18H15ClFN3O2. The first-order chi connectivity index (χ1) is 12.1. The highest BCUT2D eigenvalue weighted by Crippen LogP contribution is 2.24. The third kappa shape index (κ3) is 4.42. The molecule has 0 atom stereocenters. The zero-order chi connectivity index (χ0) is 17.6. The van der Waals surface area contributed by atoms with Crippen LogP contribution in [-0.2, 0) is 17.8 Å². The van der Waals surface area contributed by atoms with E-state index in [2.05, 4.69) is 15.5 Å². The second-order valence-corrected chi connectivity index (χ2v) is 5.77. The van der Waals surface area contributed by atoms with Crippen LogP contribution in [0, 0.1) is 5.82 Å².